The summed E-state index contributed by atoms with van der Waals surface area (Å²) in [5.41, 5.74) is 0. The first kappa shape index (κ1) is 14.1. The quantitative estimate of drug-likeness (QED) is 0.922. The zero-order valence-corrected chi connectivity index (χ0v) is 13.0. The summed E-state index contributed by atoms with van der Waals surface area (Å²) < 4.78 is 0. The van der Waals surface area contributed by atoms with Gasteiger partial charge in [0.15, 0.2) is 0 Å². The second-order valence-corrected chi connectivity index (χ2v) is 7.28. The molecule has 2 fully saturated rings. The van der Waals surface area contributed by atoms with Gasteiger partial charge in [-0.05, 0) is 29.7 Å². The van der Waals surface area contributed by atoms with Crippen LogP contribution in [0.4, 0.5) is 0 Å². The Labute approximate surface area is 125 Å². The smallest absolute Gasteiger partial charge is 0.238 e. The molecule has 0 aromatic carbocycles. The summed E-state index contributed by atoms with van der Waals surface area (Å²) in [6.45, 7) is 3.76. The highest BCUT2D eigenvalue weighted by molar-refractivity contribution is 7.10. The number of nitrogens with one attached hydrogen (secondary N) is 1. The average Bonchev–Trinajstić information content (AvgIpc) is 3.08. The SMILES string of the molecule is CC1CCC(CCN2C(=O)CNC2c2cccs2)CC1. The van der Waals surface area contributed by atoms with E-state index in [9.17, 15) is 4.79 Å². The van der Waals surface area contributed by atoms with Crippen molar-refractivity contribution in [3.8, 4) is 0 Å². The summed E-state index contributed by atoms with van der Waals surface area (Å²) in [4.78, 5) is 15.4. The summed E-state index contributed by atoms with van der Waals surface area (Å²) in [7, 11) is 0. The Kier molecular flexibility index (Phi) is 4.41. The Morgan fingerprint density at radius 2 is 2.15 bits per heavy atom. The molecule has 3 rings (SSSR count). The van der Waals surface area contributed by atoms with Gasteiger partial charge in [0.05, 0.1) is 6.54 Å². The molecule has 1 amide bonds. The molecule has 20 heavy (non-hydrogen) atoms. The van der Waals surface area contributed by atoms with Crippen LogP contribution in [-0.2, 0) is 4.79 Å². The third-order valence-electron chi connectivity index (χ3n) is 4.81. The van der Waals surface area contributed by atoms with E-state index in [1.165, 1.54) is 37.0 Å². The van der Waals surface area contributed by atoms with Crippen molar-refractivity contribution in [2.75, 3.05) is 13.1 Å². The summed E-state index contributed by atoms with van der Waals surface area (Å²) in [6, 6.07) is 4.18. The van der Waals surface area contributed by atoms with E-state index in [1.54, 1.807) is 11.3 Å². The highest BCUT2D eigenvalue weighted by Crippen LogP contribution is 2.32. The third kappa shape index (κ3) is 3.07. The number of nitrogens with zero attached hydrogens (tertiary/aromatic N) is 1. The molecule has 2 heterocycles. The fraction of sp³-hybridized carbons (Fsp3) is 0.688. The van der Waals surface area contributed by atoms with Gasteiger partial charge in [-0.15, -0.1) is 11.3 Å². The number of carbonyl (C=O) groups is 1. The summed E-state index contributed by atoms with van der Waals surface area (Å²) in [5.74, 6) is 1.98. The van der Waals surface area contributed by atoms with Crippen molar-refractivity contribution in [3.05, 3.63) is 22.4 Å². The minimum atomic E-state index is 0.116. The largest absolute Gasteiger partial charge is 0.321 e. The van der Waals surface area contributed by atoms with Crippen LogP contribution < -0.4 is 5.32 Å². The van der Waals surface area contributed by atoms with Crippen LogP contribution in [0.3, 0.4) is 0 Å². The van der Waals surface area contributed by atoms with Crippen molar-refractivity contribution in [3.63, 3.8) is 0 Å². The van der Waals surface area contributed by atoms with Crippen LogP contribution in [0.25, 0.3) is 0 Å². The van der Waals surface area contributed by atoms with Gasteiger partial charge in [0.1, 0.15) is 6.17 Å². The van der Waals surface area contributed by atoms with E-state index < -0.39 is 0 Å². The monoisotopic (exact) mass is 292 g/mol. The van der Waals surface area contributed by atoms with Gasteiger partial charge in [0, 0.05) is 11.4 Å². The molecule has 0 bridgehead atoms. The van der Waals surface area contributed by atoms with Gasteiger partial charge in [-0.25, -0.2) is 0 Å². The molecule has 3 nitrogen and oxygen atoms in total. The average molecular weight is 292 g/mol. The first-order chi connectivity index (χ1) is 9.74. The molecule has 4 heteroatoms. The molecule has 1 aromatic rings. The van der Waals surface area contributed by atoms with E-state index >= 15 is 0 Å². The predicted molar refractivity (Wildman–Crippen MR) is 82.5 cm³/mol. The lowest BCUT2D eigenvalue weighted by Gasteiger charge is -2.29. The van der Waals surface area contributed by atoms with E-state index in [-0.39, 0.29) is 12.1 Å². The van der Waals surface area contributed by atoms with Crippen LogP contribution in [0.15, 0.2) is 17.5 Å². The standard InChI is InChI=1S/C16H24N2OS/c1-12-4-6-13(7-5-12)8-9-18-15(19)11-17-16(18)14-3-2-10-20-14/h2-3,10,12-13,16-17H,4-9,11H2,1H3. The molecule has 1 aliphatic carbocycles. The van der Waals surface area contributed by atoms with E-state index in [1.807, 2.05) is 4.90 Å². The van der Waals surface area contributed by atoms with Gasteiger partial charge in [-0.1, -0.05) is 38.7 Å². The van der Waals surface area contributed by atoms with Crippen LogP contribution in [-0.4, -0.2) is 23.9 Å². The molecule has 0 radical (unpaired) electrons. The fourth-order valence-electron chi connectivity index (χ4n) is 3.43. The fourth-order valence-corrected chi connectivity index (χ4v) is 4.24. The van der Waals surface area contributed by atoms with Gasteiger partial charge in [-0.2, -0.15) is 0 Å². The number of thiophene rings is 1. The number of rotatable bonds is 4. The lowest BCUT2D eigenvalue weighted by molar-refractivity contribution is -0.128. The minimum Gasteiger partial charge on any atom is -0.321 e. The van der Waals surface area contributed by atoms with Crippen molar-refractivity contribution >= 4 is 17.2 Å². The Morgan fingerprint density at radius 3 is 2.85 bits per heavy atom. The topological polar surface area (TPSA) is 32.3 Å². The molecule has 1 aromatic heterocycles. The molecule has 1 saturated heterocycles. The van der Waals surface area contributed by atoms with Crippen LogP contribution in [0, 0.1) is 11.8 Å². The van der Waals surface area contributed by atoms with Gasteiger partial charge < -0.3 is 4.90 Å². The Balaban J connectivity index is 1.56. The lowest BCUT2D eigenvalue weighted by Crippen LogP contribution is -2.32. The predicted octanol–water partition coefficient (Wildman–Crippen LogP) is 3.39. The molecule has 1 unspecified atom stereocenters. The van der Waals surface area contributed by atoms with Crippen molar-refractivity contribution < 1.29 is 4.79 Å². The number of hydrogen-bond acceptors (Lipinski definition) is 3. The Hall–Kier alpha value is -0.870. The second kappa shape index (κ2) is 6.27. The maximum atomic E-state index is 12.1. The third-order valence-corrected chi connectivity index (χ3v) is 5.73. The summed E-state index contributed by atoms with van der Waals surface area (Å²) in [6.07, 6.45) is 6.71. The highest BCUT2D eigenvalue weighted by atomic mass is 32.1. The van der Waals surface area contributed by atoms with Crippen molar-refractivity contribution in [1.29, 1.82) is 0 Å². The Bertz CT molecular complexity index is 437. The van der Waals surface area contributed by atoms with Crippen LogP contribution in [0.2, 0.25) is 0 Å². The molecular formula is C16H24N2OS. The van der Waals surface area contributed by atoms with Crippen LogP contribution in [0.1, 0.15) is 50.1 Å². The molecule has 1 atom stereocenters. The molecule has 2 aliphatic rings. The molecule has 1 aliphatic heterocycles. The maximum Gasteiger partial charge on any atom is 0.238 e. The zero-order chi connectivity index (χ0) is 13.9. The lowest BCUT2D eigenvalue weighted by atomic mass is 9.81. The van der Waals surface area contributed by atoms with Crippen molar-refractivity contribution in [2.24, 2.45) is 11.8 Å². The zero-order valence-electron chi connectivity index (χ0n) is 12.2. The van der Waals surface area contributed by atoms with Crippen molar-refractivity contribution in [1.82, 2.24) is 10.2 Å². The Morgan fingerprint density at radius 1 is 1.35 bits per heavy atom. The molecule has 110 valence electrons. The van der Waals surface area contributed by atoms with E-state index in [4.69, 9.17) is 0 Å². The molecule has 1 saturated carbocycles. The number of amides is 1. The highest BCUT2D eigenvalue weighted by Gasteiger charge is 2.32. The first-order valence-electron chi connectivity index (χ1n) is 7.80. The van der Waals surface area contributed by atoms with Crippen LogP contribution >= 0.6 is 11.3 Å². The second-order valence-electron chi connectivity index (χ2n) is 6.30. The number of hydrogen-bond donors (Lipinski definition) is 1. The maximum absolute atomic E-state index is 12.1. The van der Waals surface area contributed by atoms with Crippen molar-refractivity contribution in [2.45, 2.75) is 45.2 Å². The molecule has 1 N–H and O–H groups in total. The molecule has 0 spiro atoms. The van der Waals surface area contributed by atoms with Crippen LogP contribution in [0.5, 0.6) is 0 Å². The van der Waals surface area contributed by atoms with Gasteiger partial charge in [-0.3, -0.25) is 10.1 Å². The van der Waals surface area contributed by atoms with Gasteiger partial charge in [0.25, 0.3) is 0 Å². The van der Waals surface area contributed by atoms with Gasteiger partial charge >= 0.3 is 0 Å². The van der Waals surface area contributed by atoms with Gasteiger partial charge in [0.2, 0.25) is 5.91 Å². The first-order valence-corrected chi connectivity index (χ1v) is 8.68. The van der Waals surface area contributed by atoms with E-state index in [2.05, 4.69) is 29.8 Å². The summed E-state index contributed by atoms with van der Waals surface area (Å²) >= 11 is 1.73. The normalized spacial score (nSPS) is 30.9. The number of carbonyl (C=O) groups excluding carboxylic acids is 1. The minimum absolute atomic E-state index is 0.116. The summed E-state index contributed by atoms with van der Waals surface area (Å²) in [5, 5.41) is 5.42. The van der Waals surface area contributed by atoms with E-state index in [0.29, 0.717) is 6.54 Å². The molecular weight excluding hydrogens is 268 g/mol. The van der Waals surface area contributed by atoms with E-state index in [0.717, 1.165) is 18.4 Å².